The summed E-state index contributed by atoms with van der Waals surface area (Å²) in [5.41, 5.74) is 2.13. The zero-order valence-electron chi connectivity index (χ0n) is 13.3. The van der Waals surface area contributed by atoms with Crippen molar-refractivity contribution in [3.63, 3.8) is 0 Å². The zero-order valence-corrected chi connectivity index (χ0v) is 13.3. The number of amides is 1. The molecule has 2 heterocycles. The Labute approximate surface area is 134 Å². The lowest BCUT2D eigenvalue weighted by atomic mass is 10.2. The molecule has 0 atom stereocenters. The van der Waals surface area contributed by atoms with Crippen molar-refractivity contribution in [2.75, 3.05) is 13.7 Å². The van der Waals surface area contributed by atoms with Crippen LogP contribution in [-0.4, -0.2) is 35.6 Å². The van der Waals surface area contributed by atoms with Crippen LogP contribution in [0, 0.1) is 6.92 Å². The Morgan fingerprint density at radius 2 is 2.13 bits per heavy atom. The van der Waals surface area contributed by atoms with Crippen LogP contribution >= 0.6 is 0 Å². The summed E-state index contributed by atoms with van der Waals surface area (Å²) in [4.78, 5) is 30.8. The van der Waals surface area contributed by atoms with Crippen LogP contribution in [-0.2, 0) is 11.3 Å². The summed E-state index contributed by atoms with van der Waals surface area (Å²) in [6, 6.07) is 5.02. The van der Waals surface area contributed by atoms with E-state index in [0.29, 0.717) is 29.4 Å². The maximum absolute atomic E-state index is 12.2. The first-order valence-electron chi connectivity index (χ1n) is 7.19. The lowest BCUT2D eigenvalue weighted by Crippen LogP contribution is -2.23. The highest BCUT2D eigenvalue weighted by atomic mass is 16.5. The van der Waals surface area contributed by atoms with Gasteiger partial charge in [-0.25, -0.2) is 9.78 Å². The van der Waals surface area contributed by atoms with E-state index in [1.807, 2.05) is 0 Å². The lowest BCUT2D eigenvalue weighted by Gasteiger charge is -2.05. The topological polar surface area (TPSA) is 93.3 Å². The molecule has 0 saturated heterocycles. The molecule has 2 aromatic heterocycles. The van der Waals surface area contributed by atoms with E-state index in [9.17, 15) is 9.59 Å². The monoisotopic (exact) mass is 317 g/mol. The highest BCUT2D eigenvalue weighted by molar-refractivity contribution is 5.98. The highest BCUT2D eigenvalue weighted by Gasteiger charge is 2.17. The molecule has 2 N–H and O–H groups in total. The number of nitrogens with zero attached hydrogens (tertiary/aromatic N) is 1. The van der Waals surface area contributed by atoms with E-state index in [1.165, 1.54) is 13.2 Å². The first-order valence-corrected chi connectivity index (χ1v) is 7.19. The van der Waals surface area contributed by atoms with E-state index >= 15 is 0 Å². The van der Waals surface area contributed by atoms with Crippen molar-refractivity contribution >= 4 is 11.9 Å². The molecule has 0 spiro atoms. The summed E-state index contributed by atoms with van der Waals surface area (Å²) in [5, 5.41) is 2.77. The second-order valence-electron chi connectivity index (χ2n) is 4.83. The van der Waals surface area contributed by atoms with Crippen molar-refractivity contribution in [2.45, 2.75) is 20.4 Å². The fourth-order valence-corrected chi connectivity index (χ4v) is 2.05. The van der Waals surface area contributed by atoms with Gasteiger partial charge in [-0.15, -0.1) is 0 Å². The van der Waals surface area contributed by atoms with Crippen LogP contribution in [0.1, 0.15) is 39.0 Å². The molecular weight excluding hydrogens is 298 g/mol. The molecule has 0 fully saturated rings. The highest BCUT2D eigenvalue weighted by Crippen LogP contribution is 2.12. The molecule has 0 aliphatic heterocycles. The average Bonchev–Trinajstić information content (AvgIpc) is 2.95. The molecule has 0 unspecified atom stereocenters. The number of pyridine rings is 1. The Kier molecular flexibility index (Phi) is 5.35. The number of aromatic nitrogens is 2. The van der Waals surface area contributed by atoms with E-state index in [-0.39, 0.29) is 12.5 Å². The summed E-state index contributed by atoms with van der Waals surface area (Å²) in [5.74, 6) is -0.268. The molecule has 2 aromatic rings. The van der Waals surface area contributed by atoms with Crippen molar-refractivity contribution in [3.05, 3.63) is 46.9 Å². The lowest BCUT2D eigenvalue weighted by molar-refractivity contribution is 0.0525. The Balaban J connectivity index is 2.03. The third kappa shape index (κ3) is 4.09. The third-order valence-corrected chi connectivity index (χ3v) is 3.22. The molecule has 7 heteroatoms. The number of hydrogen-bond donors (Lipinski definition) is 2. The van der Waals surface area contributed by atoms with E-state index in [2.05, 4.69) is 15.3 Å². The Morgan fingerprint density at radius 3 is 2.83 bits per heavy atom. The second-order valence-corrected chi connectivity index (χ2v) is 4.83. The maximum Gasteiger partial charge on any atom is 0.339 e. The standard InChI is InChI=1S/C16H19N3O4/c1-4-23-16(21)12-8-13(19-10(12)2)15(20)18-9-11-5-6-17-14(7-11)22-3/h5-8,19H,4,9H2,1-3H3,(H,18,20). The zero-order chi connectivity index (χ0) is 16.8. The SMILES string of the molecule is CCOC(=O)c1cc(C(=O)NCc2ccnc(OC)c2)[nH]c1C. The second kappa shape index (κ2) is 7.44. The van der Waals surface area contributed by atoms with Gasteiger partial charge in [-0.1, -0.05) is 0 Å². The third-order valence-electron chi connectivity index (χ3n) is 3.22. The number of ether oxygens (including phenoxy) is 2. The van der Waals surface area contributed by atoms with E-state index < -0.39 is 5.97 Å². The van der Waals surface area contributed by atoms with Crippen LogP contribution in [0.5, 0.6) is 5.88 Å². The molecule has 0 aliphatic carbocycles. The molecule has 1 amide bonds. The molecule has 0 bridgehead atoms. The van der Waals surface area contributed by atoms with Crippen LogP contribution < -0.4 is 10.1 Å². The fraction of sp³-hybridized carbons (Fsp3) is 0.312. The Hall–Kier alpha value is -2.83. The first-order chi connectivity index (χ1) is 11.0. The average molecular weight is 317 g/mol. The van der Waals surface area contributed by atoms with Crippen LogP contribution in [0.15, 0.2) is 24.4 Å². The van der Waals surface area contributed by atoms with Gasteiger partial charge >= 0.3 is 5.97 Å². The normalized spacial score (nSPS) is 10.2. The van der Waals surface area contributed by atoms with Gasteiger partial charge in [0.25, 0.3) is 5.91 Å². The molecular formula is C16H19N3O4. The number of aryl methyl sites for hydroxylation is 1. The fourth-order valence-electron chi connectivity index (χ4n) is 2.05. The predicted octanol–water partition coefficient (Wildman–Crippen LogP) is 1.83. The number of hydrogen-bond acceptors (Lipinski definition) is 5. The summed E-state index contributed by atoms with van der Waals surface area (Å²) in [6.45, 7) is 4.06. The largest absolute Gasteiger partial charge is 0.481 e. The Morgan fingerprint density at radius 1 is 1.35 bits per heavy atom. The molecule has 7 nitrogen and oxygen atoms in total. The number of H-pyrrole nitrogens is 1. The number of methoxy groups -OCH3 is 1. The molecule has 0 saturated carbocycles. The quantitative estimate of drug-likeness (QED) is 0.793. The number of rotatable bonds is 6. The first kappa shape index (κ1) is 16.5. The minimum absolute atomic E-state index is 0.287. The van der Waals surface area contributed by atoms with Crippen molar-refractivity contribution in [2.24, 2.45) is 0 Å². The van der Waals surface area contributed by atoms with Crippen molar-refractivity contribution < 1.29 is 19.1 Å². The van der Waals surface area contributed by atoms with E-state index in [0.717, 1.165) is 5.56 Å². The Bertz CT molecular complexity index is 709. The molecule has 0 aliphatic rings. The van der Waals surface area contributed by atoms with Gasteiger partial charge in [0.2, 0.25) is 5.88 Å². The van der Waals surface area contributed by atoms with Gasteiger partial charge in [0.15, 0.2) is 0 Å². The van der Waals surface area contributed by atoms with Crippen LogP contribution in [0.4, 0.5) is 0 Å². The summed E-state index contributed by atoms with van der Waals surface area (Å²) < 4.78 is 9.98. The van der Waals surface area contributed by atoms with Gasteiger partial charge in [0, 0.05) is 24.5 Å². The van der Waals surface area contributed by atoms with Crippen molar-refractivity contribution in [1.82, 2.24) is 15.3 Å². The number of carbonyl (C=O) groups is 2. The van der Waals surface area contributed by atoms with Gasteiger partial charge in [-0.05, 0) is 31.5 Å². The van der Waals surface area contributed by atoms with E-state index in [4.69, 9.17) is 9.47 Å². The smallest absolute Gasteiger partial charge is 0.339 e. The van der Waals surface area contributed by atoms with Gasteiger partial charge in [0.1, 0.15) is 5.69 Å². The number of aromatic amines is 1. The molecule has 2 rings (SSSR count). The predicted molar refractivity (Wildman–Crippen MR) is 83.4 cm³/mol. The minimum atomic E-state index is -0.445. The maximum atomic E-state index is 12.2. The van der Waals surface area contributed by atoms with E-state index in [1.54, 1.807) is 32.2 Å². The molecule has 0 aromatic carbocycles. The van der Waals surface area contributed by atoms with Crippen LogP contribution in [0.2, 0.25) is 0 Å². The number of esters is 1. The minimum Gasteiger partial charge on any atom is -0.481 e. The van der Waals surface area contributed by atoms with Gasteiger partial charge in [-0.3, -0.25) is 4.79 Å². The van der Waals surface area contributed by atoms with Gasteiger partial charge in [0.05, 0.1) is 19.3 Å². The summed E-state index contributed by atoms with van der Waals surface area (Å²) in [6.07, 6.45) is 1.61. The summed E-state index contributed by atoms with van der Waals surface area (Å²) in [7, 11) is 1.53. The number of carbonyl (C=O) groups excluding carboxylic acids is 2. The van der Waals surface area contributed by atoms with Gasteiger partial charge < -0.3 is 19.8 Å². The van der Waals surface area contributed by atoms with Gasteiger partial charge in [-0.2, -0.15) is 0 Å². The van der Waals surface area contributed by atoms with Crippen LogP contribution in [0.3, 0.4) is 0 Å². The molecule has 23 heavy (non-hydrogen) atoms. The molecule has 122 valence electrons. The van der Waals surface area contributed by atoms with Crippen molar-refractivity contribution in [3.8, 4) is 5.88 Å². The van der Waals surface area contributed by atoms with Crippen molar-refractivity contribution in [1.29, 1.82) is 0 Å². The van der Waals surface area contributed by atoms with Crippen LogP contribution in [0.25, 0.3) is 0 Å². The molecule has 0 radical (unpaired) electrons. The summed E-state index contributed by atoms with van der Waals surface area (Å²) >= 11 is 0. The number of nitrogens with one attached hydrogen (secondary N) is 2.